The Labute approximate surface area is 118 Å². The van der Waals surface area contributed by atoms with E-state index in [1.165, 1.54) is 24.8 Å². The van der Waals surface area contributed by atoms with E-state index in [0.29, 0.717) is 6.04 Å². The minimum atomic E-state index is 0.571. The predicted molar refractivity (Wildman–Crippen MR) is 82.9 cm³/mol. The van der Waals surface area contributed by atoms with Gasteiger partial charge >= 0.3 is 0 Å². The van der Waals surface area contributed by atoms with Crippen LogP contribution in [0.1, 0.15) is 45.6 Å². The fraction of sp³-hybridized carbons (Fsp3) is 0.647. The lowest BCUT2D eigenvalue weighted by Gasteiger charge is -2.27. The van der Waals surface area contributed by atoms with Crippen molar-refractivity contribution in [1.82, 2.24) is 5.32 Å². The molecular weight excluding hydrogens is 234 g/mol. The molecule has 2 heteroatoms. The zero-order valence-electron chi connectivity index (χ0n) is 12.9. The summed E-state index contributed by atoms with van der Waals surface area (Å²) in [6.07, 6.45) is 4.75. The Morgan fingerprint density at radius 1 is 1.16 bits per heavy atom. The standard InChI is InChI=1S/C17H29NO/c1-5-11-18-17(15(6-2)7-3)13-14-9-8-10-16(12-14)19-4/h8-10,12,15,17-18H,5-7,11,13H2,1-4H3. The third-order valence-corrected chi connectivity index (χ3v) is 3.86. The summed E-state index contributed by atoms with van der Waals surface area (Å²) in [6, 6.07) is 9.02. The molecule has 0 fully saturated rings. The maximum atomic E-state index is 5.31. The van der Waals surface area contributed by atoms with Crippen molar-refractivity contribution >= 4 is 0 Å². The summed E-state index contributed by atoms with van der Waals surface area (Å²) in [5.41, 5.74) is 1.36. The summed E-state index contributed by atoms with van der Waals surface area (Å²) >= 11 is 0. The first-order valence-electron chi connectivity index (χ1n) is 7.61. The molecule has 0 radical (unpaired) electrons. The van der Waals surface area contributed by atoms with Gasteiger partial charge in [0.2, 0.25) is 0 Å². The summed E-state index contributed by atoms with van der Waals surface area (Å²) < 4.78 is 5.31. The van der Waals surface area contributed by atoms with Gasteiger partial charge in [-0.25, -0.2) is 0 Å². The number of hydrogen-bond donors (Lipinski definition) is 1. The van der Waals surface area contributed by atoms with Crippen LogP contribution in [0.15, 0.2) is 24.3 Å². The third kappa shape index (κ3) is 5.23. The van der Waals surface area contributed by atoms with Crippen LogP contribution >= 0.6 is 0 Å². The Balaban J connectivity index is 2.74. The number of methoxy groups -OCH3 is 1. The highest BCUT2D eigenvalue weighted by Crippen LogP contribution is 2.20. The van der Waals surface area contributed by atoms with Crippen LogP contribution in [-0.4, -0.2) is 19.7 Å². The van der Waals surface area contributed by atoms with Crippen LogP contribution in [0, 0.1) is 5.92 Å². The van der Waals surface area contributed by atoms with Crippen LogP contribution in [0.5, 0.6) is 5.75 Å². The zero-order valence-corrected chi connectivity index (χ0v) is 12.9. The SMILES string of the molecule is CCCNC(Cc1cccc(OC)c1)C(CC)CC. The van der Waals surface area contributed by atoms with Crippen LogP contribution < -0.4 is 10.1 Å². The molecule has 0 aliphatic rings. The van der Waals surface area contributed by atoms with Crippen molar-refractivity contribution in [2.45, 2.75) is 52.5 Å². The second-order valence-electron chi connectivity index (χ2n) is 5.19. The lowest BCUT2D eigenvalue weighted by molar-refractivity contribution is 0.331. The summed E-state index contributed by atoms with van der Waals surface area (Å²) in [6.45, 7) is 7.91. The molecule has 1 N–H and O–H groups in total. The summed E-state index contributed by atoms with van der Waals surface area (Å²) in [5, 5.41) is 3.72. The maximum absolute atomic E-state index is 5.31. The second kappa shape index (κ2) is 8.98. The van der Waals surface area contributed by atoms with Crippen LogP contribution in [0.3, 0.4) is 0 Å². The van der Waals surface area contributed by atoms with Gasteiger partial charge in [0.25, 0.3) is 0 Å². The van der Waals surface area contributed by atoms with Crippen LogP contribution in [-0.2, 0) is 6.42 Å². The van der Waals surface area contributed by atoms with Gasteiger partial charge in [-0.15, -0.1) is 0 Å². The molecule has 0 saturated heterocycles. The Kier molecular flexibility index (Phi) is 7.57. The summed E-state index contributed by atoms with van der Waals surface area (Å²) in [5.74, 6) is 1.70. The minimum Gasteiger partial charge on any atom is -0.497 e. The number of nitrogens with one attached hydrogen (secondary N) is 1. The normalized spacial score (nSPS) is 12.7. The van der Waals surface area contributed by atoms with E-state index in [4.69, 9.17) is 4.74 Å². The van der Waals surface area contributed by atoms with Crippen molar-refractivity contribution in [3.8, 4) is 5.75 Å². The van der Waals surface area contributed by atoms with Crippen molar-refractivity contribution in [2.24, 2.45) is 5.92 Å². The molecule has 1 aromatic rings. The third-order valence-electron chi connectivity index (χ3n) is 3.86. The first-order valence-corrected chi connectivity index (χ1v) is 7.61. The number of hydrogen-bond acceptors (Lipinski definition) is 2. The van der Waals surface area contributed by atoms with Gasteiger partial charge < -0.3 is 10.1 Å². The second-order valence-corrected chi connectivity index (χ2v) is 5.19. The minimum absolute atomic E-state index is 0.571. The highest BCUT2D eigenvalue weighted by molar-refractivity contribution is 5.29. The Morgan fingerprint density at radius 2 is 1.89 bits per heavy atom. The van der Waals surface area contributed by atoms with E-state index < -0.39 is 0 Å². The predicted octanol–water partition coefficient (Wildman–Crippen LogP) is 4.04. The average Bonchev–Trinajstić information content (AvgIpc) is 2.46. The number of benzene rings is 1. The van der Waals surface area contributed by atoms with E-state index in [-0.39, 0.29) is 0 Å². The molecule has 19 heavy (non-hydrogen) atoms. The summed E-state index contributed by atoms with van der Waals surface area (Å²) in [4.78, 5) is 0. The van der Waals surface area contributed by atoms with Gasteiger partial charge in [0.05, 0.1) is 7.11 Å². The van der Waals surface area contributed by atoms with E-state index in [0.717, 1.165) is 24.6 Å². The summed E-state index contributed by atoms with van der Waals surface area (Å²) in [7, 11) is 1.73. The molecule has 1 unspecified atom stereocenters. The van der Waals surface area contributed by atoms with Gasteiger partial charge in [-0.1, -0.05) is 45.7 Å². The molecule has 0 amide bonds. The molecule has 0 aliphatic heterocycles. The fourth-order valence-corrected chi connectivity index (χ4v) is 2.65. The van der Waals surface area contributed by atoms with Crippen molar-refractivity contribution < 1.29 is 4.74 Å². The van der Waals surface area contributed by atoms with Crippen molar-refractivity contribution in [1.29, 1.82) is 0 Å². The molecular formula is C17H29NO. The molecule has 108 valence electrons. The monoisotopic (exact) mass is 263 g/mol. The number of ether oxygens (including phenoxy) is 1. The lowest BCUT2D eigenvalue weighted by atomic mass is 9.89. The molecule has 2 nitrogen and oxygen atoms in total. The van der Waals surface area contributed by atoms with Gasteiger partial charge in [0.15, 0.2) is 0 Å². The fourth-order valence-electron chi connectivity index (χ4n) is 2.65. The molecule has 0 aromatic heterocycles. The topological polar surface area (TPSA) is 21.3 Å². The maximum Gasteiger partial charge on any atom is 0.119 e. The first kappa shape index (κ1) is 16.0. The van der Waals surface area contributed by atoms with Crippen molar-refractivity contribution in [2.75, 3.05) is 13.7 Å². The van der Waals surface area contributed by atoms with Gasteiger partial charge in [-0.3, -0.25) is 0 Å². The first-order chi connectivity index (χ1) is 9.24. The molecule has 0 heterocycles. The average molecular weight is 263 g/mol. The molecule has 1 atom stereocenters. The molecule has 0 saturated carbocycles. The van der Waals surface area contributed by atoms with Crippen molar-refractivity contribution in [3.05, 3.63) is 29.8 Å². The quantitative estimate of drug-likeness (QED) is 0.726. The molecule has 0 bridgehead atoms. The van der Waals surface area contributed by atoms with E-state index in [1.54, 1.807) is 7.11 Å². The van der Waals surface area contributed by atoms with Gasteiger partial charge in [-0.05, 0) is 43.0 Å². The molecule has 1 aromatic carbocycles. The highest BCUT2D eigenvalue weighted by atomic mass is 16.5. The smallest absolute Gasteiger partial charge is 0.119 e. The molecule has 0 spiro atoms. The lowest BCUT2D eigenvalue weighted by Crippen LogP contribution is -2.38. The van der Waals surface area contributed by atoms with Gasteiger partial charge in [0.1, 0.15) is 5.75 Å². The zero-order chi connectivity index (χ0) is 14.1. The van der Waals surface area contributed by atoms with E-state index in [9.17, 15) is 0 Å². The molecule has 0 aliphatic carbocycles. The Morgan fingerprint density at radius 3 is 2.47 bits per heavy atom. The van der Waals surface area contributed by atoms with Gasteiger partial charge in [0, 0.05) is 6.04 Å². The Bertz CT molecular complexity index is 347. The van der Waals surface area contributed by atoms with E-state index in [2.05, 4.69) is 44.3 Å². The van der Waals surface area contributed by atoms with Crippen molar-refractivity contribution in [3.63, 3.8) is 0 Å². The Hall–Kier alpha value is -1.02. The highest BCUT2D eigenvalue weighted by Gasteiger charge is 2.18. The van der Waals surface area contributed by atoms with Crippen LogP contribution in [0.4, 0.5) is 0 Å². The van der Waals surface area contributed by atoms with E-state index in [1.807, 2.05) is 6.07 Å². The largest absolute Gasteiger partial charge is 0.497 e. The van der Waals surface area contributed by atoms with E-state index >= 15 is 0 Å². The number of rotatable bonds is 9. The van der Waals surface area contributed by atoms with Crippen LogP contribution in [0.2, 0.25) is 0 Å². The van der Waals surface area contributed by atoms with Gasteiger partial charge in [-0.2, -0.15) is 0 Å². The van der Waals surface area contributed by atoms with Crippen LogP contribution in [0.25, 0.3) is 0 Å². The molecule has 1 rings (SSSR count).